The first kappa shape index (κ1) is 13.3. The number of aromatic nitrogens is 1. The van der Waals surface area contributed by atoms with Gasteiger partial charge in [-0.2, -0.15) is 0 Å². The van der Waals surface area contributed by atoms with E-state index >= 15 is 0 Å². The number of benzene rings is 1. The monoisotopic (exact) mass is 286 g/mol. The first-order valence-corrected chi connectivity index (χ1v) is 7.73. The van der Waals surface area contributed by atoms with Gasteiger partial charge in [0.1, 0.15) is 11.3 Å². The first-order chi connectivity index (χ1) is 9.75. The second-order valence-corrected chi connectivity index (χ2v) is 5.92. The third-order valence-corrected chi connectivity index (χ3v) is 4.39. The van der Waals surface area contributed by atoms with Crippen LogP contribution >= 0.6 is 11.3 Å². The van der Waals surface area contributed by atoms with Gasteiger partial charge in [0.2, 0.25) is 0 Å². The van der Waals surface area contributed by atoms with E-state index in [1.54, 1.807) is 11.3 Å². The SMILES string of the molecule is Cc1c(C(C)NCCc2nccs2)oc2ccccc12. The lowest BCUT2D eigenvalue weighted by atomic mass is 10.1. The molecule has 1 unspecified atom stereocenters. The first-order valence-electron chi connectivity index (χ1n) is 6.85. The Morgan fingerprint density at radius 3 is 2.95 bits per heavy atom. The quantitative estimate of drug-likeness (QED) is 0.767. The van der Waals surface area contributed by atoms with Crippen LogP contribution in [-0.2, 0) is 6.42 Å². The summed E-state index contributed by atoms with van der Waals surface area (Å²) >= 11 is 1.70. The van der Waals surface area contributed by atoms with Crippen molar-refractivity contribution in [3.05, 3.63) is 52.2 Å². The molecule has 0 bridgehead atoms. The molecule has 1 N–H and O–H groups in total. The van der Waals surface area contributed by atoms with E-state index in [2.05, 4.69) is 36.3 Å². The summed E-state index contributed by atoms with van der Waals surface area (Å²) in [4.78, 5) is 4.29. The van der Waals surface area contributed by atoms with Gasteiger partial charge in [0.15, 0.2) is 0 Å². The molecule has 0 aliphatic heterocycles. The van der Waals surface area contributed by atoms with Crippen LogP contribution in [0.1, 0.15) is 29.3 Å². The Morgan fingerprint density at radius 1 is 1.35 bits per heavy atom. The van der Waals surface area contributed by atoms with Crippen molar-refractivity contribution < 1.29 is 4.42 Å². The van der Waals surface area contributed by atoms with Gasteiger partial charge in [0.25, 0.3) is 0 Å². The third kappa shape index (κ3) is 2.62. The lowest BCUT2D eigenvalue weighted by Gasteiger charge is -2.11. The minimum atomic E-state index is 0.211. The maximum absolute atomic E-state index is 5.97. The molecule has 3 rings (SSSR count). The summed E-state index contributed by atoms with van der Waals surface area (Å²) in [5, 5.41) is 7.90. The lowest BCUT2D eigenvalue weighted by molar-refractivity contribution is 0.450. The smallest absolute Gasteiger partial charge is 0.134 e. The highest BCUT2D eigenvalue weighted by molar-refractivity contribution is 7.09. The van der Waals surface area contributed by atoms with Gasteiger partial charge in [-0.3, -0.25) is 0 Å². The molecule has 20 heavy (non-hydrogen) atoms. The summed E-state index contributed by atoms with van der Waals surface area (Å²) in [5.41, 5.74) is 2.20. The van der Waals surface area contributed by atoms with Crippen molar-refractivity contribution in [2.75, 3.05) is 6.54 Å². The predicted octanol–water partition coefficient (Wildman–Crippen LogP) is 4.09. The van der Waals surface area contributed by atoms with Crippen LogP contribution in [0.4, 0.5) is 0 Å². The molecule has 0 aliphatic carbocycles. The highest BCUT2D eigenvalue weighted by atomic mass is 32.1. The molecular weight excluding hydrogens is 268 g/mol. The van der Waals surface area contributed by atoms with Gasteiger partial charge in [-0.1, -0.05) is 18.2 Å². The molecule has 4 heteroatoms. The molecule has 3 nitrogen and oxygen atoms in total. The summed E-state index contributed by atoms with van der Waals surface area (Å²) in [5.74, 6) is 1.03. The van der Waals surface area contributed by atoms with Crippen molar-refractivity contribution in [3.63, 3.8) is 0 Å². The molecule has 0 saturated heterocycles. The van der Waals surface area contributed by atoms with Crippen molar-refractivity contribution in [1.29, 1.82) is 0 Å². The molecule has 104 valence electrons. The van der Waals surface area contributed by atoms with E-state index in [9.17, 15) is 0 Å². The molecule has 0 radical (unpaired) electrons. The number of fused-ring (bicyclic) bond motifs is 1. The normalized spacial score (nSPS) is 12.9. The van der Waals surface area contributed by atoms with Gasteiger partial charge in [0.05, 0.1) is 11.0 Å². The molecule has 1 aromatic carbocycles. The largest absolute Gasteiger partial charge is 0.459 e. The fraction of sp³-hybridized carbons (Fsp3) is 0.312. The molecule has 0 fully saturated rings. The number of rotatable bonds is 5. The zero-order valence-corrected chi connectivity index (χ0v) is 12.5. The molecule has 0 amide bonds. The number of hydrogen-bond donors (Lipinski definition) is 1. The number of aryl methyl sites for hydroxylation is 1. The van der Waals surface area contributed by atoms with Gasteiger partial charge in [0, 0.05) is 29.9 Å². The second-order valence-electron chi connectivity index (χ2n) is 4.94. The summed E-state index contributed by atoms with van der Waals surface area (Å²) in [7, 11) is 0. The van der Waals surface area contributed by atoms with E-state index in [0.29, 0.717) is 0 Å². The third-order valence-electron chi connectivity index (χ3n) is 3.55. The van der Waals surface area contributed by atoms with E-state index in [-0.39, 0.29) is 6.04 Å². The molecule has 2 heterocycles. The van der Waals surface area contributed by atoms with Gasteiger partial charge in [-0.05, 0) is 25.5 Å². The van der Waals surface area contributed by atoms with E-state index in [4.69, 9.17) is 4.42 Å². The Balaban J connectivity index is 1.69. The van der Waals surface area contributed by atoms with Gasteiger partial charge >= 0.3 is 0 Å². The molecule has 2 aromatic heterocycles. The number of nitrogens with zero attached hydrogens (tertiary/aromatic N) is 1. The Kier molecular flexibility index (Phi) is 3.85. The average molecular weight is 286 g/mol. The van der Waals surface area contributed by atoms with E-state index in [1.807, 2.05) is 23.7 Å². The minimum Gasteiger partial charge on any atom is -0.459 e. The van der Waals surface area contributed by atoms with Crippen LogP contribution in [0.15, 0.2) is 40.3 Å². The number of thiazole rings is 1. The van der Waals surface area contributed by atoms with E-state index in [1.165, 1.54) is 16.0 Å². The summed E-state index contributed by atoms with van der Waals surface area (Å²) < 4.78 is 5.97. The fourth-order valence-corrected chi connectivity index (χ4v) is 3.09. The van der Waals surface area contributed by atoms with Crippen LogP contribution < -0.4 is 5.32 Å². The van der Waals surface area contributed by atoms with Crippen molar-refractivity contribution in [1.82, 2.24) is 10.3 Å². The van der Waals surface area contributed by atoms with Gasteiger partial charge in [-0.15, -0.1) is 11.3 Å². The van der Waals surface area contributed by atoms with Crippen LogP contribution in [-0.4, -0.2) is 11.5 Å². The highest BCUT2D eigenvalue weighted by Crippen LogP contribution is 2.29. The molecule has 1 atom stereocenters. The molecule has 0 spiro atoms. The molecule has 0 aliphatic rings. The molecular formula is C16H18N2OS. The molecule has 0 saturated carbocycles. The number of hydrogen-bond acceptors (Lipinski definition) is 4. The van der Waals surface area contributed by atoms with Crippen molar-refractivity contribution >= 4 is 22.3 Å². The minimum absolute atomic E-state index is 0.211. The maximum Gasteiger partial charge on any atom is 0.134 e. The molecule has 3 aromatic rings. The van der Waals surface area contributed by atoms with Gasteiger partial charge < -0.3 is 9.73 Å². The Hall–Kier alpha value is -1.65. The van der Waals surface area contributed by atoms with Crippen molar-refractivity contribution in [2.24, 2.45) is 0 Å². The van der Waals surface area contributed by atoms with E-state index < -0.39 is 0 Å². The average Bonchev–Trinajstić information content (AvgIpc) is 3.08. The predicted molar refractivity (Wildman–Crippen MR) is 83.2 cm³/mol. The van der Waals surface area contributed by atoms with Crippen LogP contribution in [0.5, 0.6) is 0 Å². The summed E-state index contributed by atoms with van der Waals surface area (Å²) in [6.07, 6.45) is 2.81. The van der Waals surface area contributed by atoms with Crippen LogP contribution in [0.3, 0.4) is 0 Å². The zero-order chi connectivity index (χ0) is 13.9. The Morgan fingerprint density at radius 2 is 2.20 bits per heavy atom. The van der Waals surface area contributed by atoms with Gasteiger partial charge in [-0.25, -0.2) is 4.98 Å². The standard InChI is InChI=1S/C16H18N2OS/c1-11-13-5-3-4-6-14(13)19-16(11)12(2)17-8-7-15-18-9-10-20-15/h3-6,9-10,12,17H,7-8H2,1-2H3. The van der Waals surface area contributed by atoms with Crippen LogP contribution in [0.2, 0.25) is 0 Å². The topological polar surface area (TPSA) is 38.1 Å². The number of furan rings is 1. The number of nitrogens with one attached hydrogen (secondary N) is 1. The van der Waals surface area contributed by atoms with Crippen LogP contribution in [0, 0.1) is 6.92 Å². The fourth-order valence-electron chi connectivity index (χ4n) is 2.47. The van der Waals surface area contributed by atoms with E-state index in [0.717, 1.165) is 24.3 Å². The maximum atomic E-state index is 5.97. The summed E-state index contributed by atoms with van der Waals surface area (Å²) in [6.45, 7) is 5.18. The Labute approximate surface area is 122 Å². The lowest BCUT2D eigenvalue weighted by Crippen LogP contribution is -2.21. The van der Waals surface area contributed by atoms with Crippen molar-refractivity contribution in [3.8, 4) is 0 Å². The number of para-hydroxylation sites is 1. The van der Waals surface area contributed by atoms with Crippen LogP contribution in [0.25, 0.3) is 11.0 Å². The zero-order valence-electron chi connectivity index (χ0n) is 11.7. The van der Waals surface area contributed by atoms with Crippen molar-refractivity contribution in [2.45, 2.75) is 26.3 Å². The highest BCUT2D eigenvalue weighted by Gasteiger charge is 2.15. The summed E-state index contributed by atoms with van der Waals surface area (Å²) in [6, 6.07) is 8.40. The Bertz CT molecular complexity index is 688. The second kappa shape index (κ2) is 5.77.